The quantitative estimate of drug-likeness (QED) is 0.855. The molecule has 3 N–H and O–H groups in total. The third-order valence-corrected chi connectivity index (χ3v) is 3.20. The highest BCUT2D eigenvalue weighted by Crippen LogP contribution is 2.37. The maximum atomic E-state index is 9.60. The Bertz CT molecular complexity index is 368. The van der Waals surface area contributed by atoms with Gasteiger partial charge in [-0.2, -0.15) is 0 Å². The minimum Gasteiger partial charge on any atom is -0.503 e. The Morgan fingerprint density at radius 1 is 1.50 bits per heavy atom. The number of methoxy groups -OCH3 is 1. The molecular formula is C12H18ClNO2. The highest BCUT2D eigenvalue weighted by atomic mass is 35.5. The molecule has 0 saturated heterocycles. The minimum absolute atomic E-state index is 0.0377. The van der Waals surface area contributed by atoms with E-state index in [1.807, 2.05) is 0 Å². The van der Waals surface area contributed by atoms with Gasteiger partial charge in [0.05, 0.1) is 12.1 Å². The van der Waals surface area contributed by atoms with Crippen molar-refractivity contribution in [2.24, 2.45) is 11.7 Å². The van der Waals surface area contributed by atoms with E-state index in [1.165, 1.54) is 7.11 Å². The van der Waals surface area contributed by atoms with Crippen LogP contribution in [0.5, 0.6) is 11.5 Å². The molecule has 0 aliphatic carbocycles. The third-order valence-electron chi connectivity index (χ3n) is 2.91. The molecule has 1 rings (SSSR count). The van der Waals surface area contributed by atoms with Crippen molar-refractivity contribution in [3.8, 4) is 11.5 Å². The molecule has 0 fully saturated rings. The van der Waals surface area contributed by atoms with Crippen LogP contribution in [0, 0.1) is 5.92 Å². The lowest BCUT2D eigenvalue weighted by molar-refractivity contribution is 0.371. The molecule has 16 heavy (non-hydrogen) atoms. The van der Waals surface area contributed by atoms with Crippen molar-refractivity contribution < 1.29 is 9.84 Å². The highest BCUT2D eigenvalue weighted by molar-refractivity contribution is 6.32. The Hall–Kier alpha value is -0.930. The molecule has 3 nitrogen and oxygen atoms in total. The van der Waals surface area contributed by atoms with Crippen molar-refractivity contribution in [2.45, 2.75) is 26.3 Å². The average Bonchev–Trinajstić information content (AvgIpc) is 2.30. The van der Waals surface area contributed by atoms with Crippen LogP contribution in [0.1, 0.15) is 31.9 Å². The second-order valence-corrected chi connectivity index (χ2v) is 4.37. The number of nitrogens with two attached hydrogens (primary N) is 1. The van der Waals surface area contributed by atoms with E-state index in [0.29, 0.717) is 11.7 Å². The molecule has 0 bridgehead atoms. The lowest BCUT2D eigenvalue weighted by Crippen LogP contribution is -2.18. The second-order valence-electron chi connectivity index (χ2n) is 3.96. The number of aromatic hydroxyl groups is 1. The van der Waals surface area contributed by atoms with Crippen LogP contribution in [0.2, 0.25) is 5.02 Å². The van der Waals surface area contributed by atoms with Crippen molar-refractivity contribution in [1.82, 2.24) is 0 Å². The van der Waals surface area contributed by atoms with Gasteiger partial charge in [0.25, 0.3) is 0 Å². The van der Waals surface area contributed by atoms with E-state index in [4.69, 9.17) is 22.1 Å². The number of hydrogen-bond donors (Lipinski definition) is 2. The van der Waals surface area contributed by atoms with Crippen LogP contribution >= 0.6 is 11.6 Å². The molecule has 0 radical (unpaired) electrons. The first-order chi connectivity index (χ1) is 7.51. The van der Waals surface area contributed by atoms with Crippen molar-refractivity contribution in [1.29, 1.82) is 0 Å². The smallest absolute Gasteiger partial charge is 0.176 e. The highest BCUT2D eigenvalue weighted by Gasteiger charge is 2.17. The van der Waals surface area contributed by atoms with E-state index in [0.717, 1.165) is 12.0 Å². The van der Waals surface area contributed by atoms with Crippen molar-refractivity contribution >= 4 is 11.6 Å². The van der Waals surface area contributed by atoms with E-state index in [1.54, 1.807) is 12.1 Å². The summed E-state index contributed by atoms with van der Waals surface area (Å²) in [6, 6.07) is 3.32. The SMILES string of the molecule is CCC(C)[C@@H](N)c1cc(Cl)c(O)c(OC)c1. The molecule has 0 saturated carbocycles. The van der Waals surface area contributed by atoms with Gasteiger partial charge in [-0.25, -0.2) is 0 Å². The lowest BCUT2D eigenvalue weighted by atomic mass is 9.93. The topological polar surface area (TPSA) is 55.5 Å². The van der Waals surface area contributed by atoms with Gasteiger partial charge in [0, 0.05) is 6.04 Å². The van der Waals surface area contributed by atoms with Gasteiger partial charge in [-0.3, -0.25) is 0 Å². The number of phenolic OH excluding ortho intramolecular Hbond substituents is 1. The van der Waals surface area contributed by atoms with Gasteiger partial charge >= 0.3 is 0 Å². The zero-order chi connectivity index (χ0) is 12.3. The standard InChI is InChI=1S/C12H18ClNO2/c1-4-7(2)11(14)8-5-9(13)12(15)10(6-8)16-3/h5-7,11,15H,4,14H2,1-3H3/t7?,11-/m1/s1. The zero-order valence-corrected chi connectivity index (χ0v) is 10.6. The molecule has 1 aromatic rings. The Labute approximate surface area is 101 Å². The average molecular weight is 244 g/mol. The fraction of sp³-hybridized carbons (Fsp3) is 0.500. The molecule has 0 spiro atoms. The number of halogens is 1. The van der Waals surface area contributed by atoms with Crippen LogP contribution in [-0.2, 0) is 0 Å². The summed E-state index contributed by atoms with van der Waals surface area (Å²) in [6.45, 7) is 4.17. The fourth-order valence-electron chi connectivity index (χ4n) is 1.52. The number of hydrogen-bond acceptors (Lipinski definition) is 3. The summed E-state index contributed by atoms with van der Waals surface area (Å²) >= 11 is 5.90. The predicted molar refractivity (Wildman–Crippen MR) is 66.1 cm³/mol. The summed E-state index contributed by atoms with van der Waals surface area (Å²) in [5.74, 6) is 0.677. The second kappa shape index (κ2) is 5.41. The van der Waals surface area contributed by atoms with Crippen LogP contribution in [0.15, 0.2) is 12.1 Å². The van der Waals surface area contributed by atoms with Crippen LogP contribution in [0.3, 0.4) is 0 Å². The minimum atomic E-state index is -0.100. The van der Waals surface area contributed by atoms with E-state index in [2.05, 4.69) is 13.8 Å². The maximum absolute atomic E-state index is 9.60. The largest absolute Gasteiger partial charge is 0.503 e. The summed E-state index contributed by atoms with van der Waals surface area (Å²) in [7, 11) is 1.49. The van der Waals surface area contributed by atoms with Gasteiger partial charge in [0.2, 0.25) is 0 Å². The number of ether oxygens (including phenoxy) is 1. The van der Waals surface area contributed by atoms with E-state index < -0.39 is 0 Å². The van der Waals surface area contributed by atoms with Crippen LogP contribution < -0.4 is 10.5 Å². The molecule has 4 heteroatoms. The molecule has 0 heterocycles. The van der Waals surface area contributed by atoms with E-state index in [-0.39, 0.29) is 16.8 Å². The van der Waals surface area contributed by atoms with Crippen LogP contribution in [-0.4, -0.2) is 12.2 Å². The Morgan fingerprint density at radius 2 is 2.12 bits per heavy atom. The maximum Gasteiger partial charge on any atom is 0.176 e. The first kappa shape index (κ1) is 13.1. The summed E-state index contributed by atoms with van der Waals surface area (Å²) in [5, 5.41) is 9.87. The van der Waals surface area contributed by atoms with Crippen LogP contribution in [0.25, 0.3) is 0 Å². The van der Waals surface area contributed by atoms with Gasteiger partial charge in [-0.05, 0) is 23.6 Å². The van der Waals surface area contributed by atoms with Gasteiger partial charge < -0.3 is 15.6 Å². The van der Waals surface area contributed by atoms with Gasteiger partial charge in [0.15, 0.2) is 11.5 Å². The summed E-state index contributed by atoms with van der Waals surface area (Å²) in [6.07, 6.45) is 0.988. The van der Waals surface area contributed by atoms with E-state index >= 15 is 0 Å². The first-order valence-corrected chi connectivity index (χ1v) is 5.71. The first-order valence-electron chi connectivity index (χ1n) is 5.33. The van der Waals surface area contributed by atoms with Crippen molar-refractivity contribution in [3.05, 3.63) is 22.7 Å². The molecule has 2 atom stereocenters. The van der Waals surface area contributed by atoms with Crippen LogP contribution in [0.4, 0.5) is 0 Å². The summed E-state index contributed by atoms with van der Waals surface area (Å²) in [4.78, 5) is 0. The monoisotopic (exact) mass is 243 g/mol. The molecular weight excluding hydrogens is 226 g/mol. The Kier molecular flexibility index (Phi) is 4.44. The molecule has 1 unspecified atom stereocenters. The number of phenols is 1. The number of benzene rings is 1. The fourth-order valence-corrected chi connectivity index (χ4v) is 1.74. The molecule has 1 aromatic carbocycles. The van der Waals surface area contributed by atoms with E-state index in [9.17, 15) is 5.11 Å². The predicted octanol–water partition coefficient (Wildman–Crippen LogP) is 3.10. The summed E-state index contributed by atoms with van der Waals surface area (Å²) < 4.78 is 5.04. The zero-order valence-electron chi connectivity index (χ0n) is 9.83. The molecule has 90 valence electrons. The molecule has 0 aliphatic heterocycles. The Balaban J connectivity index is 3.10. The van der Waals surface area contributed by atoms with Gasteiger partial charge in [-0.15, -0.1) is 0 Å². The number of rotatable bonds is 4. The normalized spacial score (nSPS) is 14.6. The van der Waals surface area contributed by atoms with Gasteiger partial charge in [-0.1, -0.05) is 31.9 Å². The molecule has 0 aliphatic rings. The summed E-state index contributed by atoms with van der Waals surface area (Å²) in [5.41, 5.74) is 6.98. The molecule has 0 aromatic heterocycles. The van der Waals surface area contributed by atoms with Gasteiger partial charge in [0.1, 0.15) is 0 Å². The molecule has 0 amide bonds. The Morgan fingerprint density at radius 3 is 2.62 bits per heavy atom. The van der Waals surface area contributed by atoms with Crippen molar-refractivity contribution in [3.63, 3.8) is 0 Å². The van der Waals surface area contributed by atoms with Crippen molar-refractivity contribution in [2.75, 3.05) is 7.11 Å². The third kappa shape index (κ3) is 2.60. The lowest BCUT2D eigenvalue weighted by Gasteiger charge is -2.20.